The van der Waals surface area contributed by atoms with Gasteiger partial charge in [-0.2, -0.15) is 0 Å². The summed E-state index contributed by atoms with van der Waals surface area (Å²) < 4.78 is 33.5. The van der Waals surface area contributed by atoms with Gasteiger partial charge in [-0.05, 0) is 47.7 Å². The average molecular weight is 403 g/mol. The number of nitrogens with one attached hydrogen (secondary N) is 1. The molecule has 1 aliphatic heterocycles. The van der Waals surface area contributed by atoms with Gasteiger partial charge >= 0.3 is 0 Å². The number of carbonyl (C=O) groups excluding carboxylic acids is 1. The Hall–Kier alpha value is -2.38. The fourth-order valence-electron chi connectivity index (χ4n) is 3.42. The molecule has 2 aromatic rings. The van der Waals surface area contributed by atoms with E-state index in [0.29, 0.717) is 25.1 Å². The third kappa shape index (κ3) is 4.54. The summed E-state index contributed by atoms with van der Waals surface area (Å²) in [4.78, 5) is 14.0. The number of benzene rings is 2. The maximum atomic E-state index is 12.8. The van der Waals surface area contributed by atoms with Crippen LogP contribution in [0.2, 0.25) is 0 Å². The van der Waals surface area contributed by atoms with Crippen molar-refractivity contribution in [3.63, 3.8) is 0 Å². The average Bonchev–Trinajstić information content (AvgIpc) is 3.11. The molecule has 1 aliphatic rings. The van der Waals surface area contributed by atoms with E-state index in [1.54, 1.807) is 25.3 Å². The van der Waals surface area contributed by atoms with Gasteiger partial charge in [-0.15, -0.1) is 0 Å². The third-order valence-corrected chi connectivity index (χ3v) is 6.45. The van der Waals surface area contributed by atoms with Crippen molar-refractivity contribution in [2.45, 2.75) is 44.2 Å². The van der Waals surface area contributed by atoms with Gasteiger partial charge in [0.15, 0.2) is 0 Å². The summed E-state index contributed by atoms with van der Waals surface area (Å²) in [6.07, 6.45) is 2.15. The van der Waals surface area contributed by atoms with Gasteiger partial charge in [-0.1, -0.05) is 31.2 Å². The van der Waals surface area contributed by atoms with Crippen molar-refractivity contribution in [1.29, 1.82) is 0 Å². The Morgan fingerprint density at radius 2 is 1.86 bits per heavy atom. The highest BCUT2D eigenvalue weighted by molar-refractivity contribution is 7.89. The normalized spacial score (nSPS) is 14.5. The van der Waals surface area contributed by atoms with Crippen molar-refractivity contribution in [2.75, 3.05) is 13.7 Å². The maximum absolute atomic E-state index is 12.8. The second kappa shape index (κ2) is 8.75. The van der Waals surface area contributed by atoms with Crippen molar-refractivity contribution < 1.29 is 17.9 Å². The summed E-state index contributed by atoms with van der Waals surface area (Å²) in [6, 6.07) is 12.5. The van der Waals surface area contributed by atoms with E-state index in [2.05, 4.69) is 4.72 Å². The molecule has 150 valence electrons. The summed E-state index contributed by atoms with van der Waals surface area (Å²) in [5.41, 5.74) is 2.68. The summed E-state index contributed by atoms with van der Waals surface area (Å²) in [6.45, 7) is 3.40. The SMILES string of the molecule is CCc1cc(S(=O)(=O)NCc2ccccc2CN2CCCC2=O)ccc1OC. The molecule has 0 bridgehead atoms. The molecule has 1 N–H and O–H groups in total. The molecule has 2 aromatic carbocycles. The summed E-state index contributed by atoms with van der Waals surface area (Å²) in [7, 11) is -2.08. The minimum absolute atomic E-state index is 0.153. The largest absolute Gasteiger partial charge is 0.496 e. The number of sulfonamides is 1. The molecule has 0 spiro atoms. The molecule has 28 heavy (non-hydrogen) atoms. The molecule has 0 saturated carbocycles. The highest BCUT2D eigenvalue weighted by atomic mass is 32.2. The quantitative estimate of drug-likeness (QED) is 0.737. The van der Waals surface area contributed by atoms with Gasteiger partial charge in [0.2, 0.25) is 15.9 Å². The van der Waals surface area contributed by atoms with Crippen LogP contribution < -0.4 is 9.46 Å². The van der Waals surface area contributed by atoms with Gasteiger partial charge in [0.1, 0.15) is 5.75 Å². The predicted octanol–water partition coefficient (Wildman–Crippen LogP) is 2.86. The molecule has 3 rings (SSSR count). The van der Waals surface area contributed by atoms with Crippen LogP contribution in [0.3, 0.4) is 0 Å². The van der Waals surface area contributed by atoms with Gasteiger partial charge in [-0.25, -0.2) is 13.1 Å². The minimum atomic E-state index is -3.66. The van der Waals surface area contributed by atoms with E-state index in [-0.39, 0.29) is 17.3 Å². The van der Waals surface area contributed by atoms with Crippen LogP contribution in [0.25, 0.3) is 0 Å². The first kappa shape index (κ1) is 20.4. The number of amides is 1. The number of ether oxygens (including phenoxy) is 1. The molecule has 0 atom stereocenters. The van der Waals surface area contributed by atoms with Crippen LogP contribution in [0.1, 0.15) is 36.5 Å². The van der Waals surface area contributed by atoms with Gasteiger partial charge < -0.3 is 9.64 Å². The number of nitrogens with zero attached hydrogens (tertiary/aromatic N) is 1. The van der Waals surface area contributed by atoms with E-state index in [9.17, 15) is 13.2 Å². The molecule has 7 heteroatoms. The van der Waals surface area contributed by atoms with E-state index < -0.39 is 10.0 Å². The Kier molecular flexibility index (Phi) is 6.36. The molecule has 6 nitrogen and oxygen atoms in total. The van der Waals surface area contributed by atoms with E-state index >= 15 is 0 Å². The number of hydrogen-bond acceptors (Lipinski definition) is 4. The molecule has 1 heterocycles. The molecular formula is C21H26N2O4S. The number of likely N-dealkylation sites (tertiary alicyclic amines) is 1. The number of aryl methyl sites for hydroxylation is 1. The Bertz CT molecular complexity index is 957. The highest BCUT2D eigenvalue weighted by Crippen LogP contribution is 2.23. The summed E-state index contributed by atoms with van der Waals surface area (Å²) in [5, 5.41) is 0. The molecule has 0 unspecified atom stereocenters. The lowest BCUT2D eigenvalue weighted by Gasteiger charge is -2.18. The van der Waals surface area contributed by atoms with Crippen LogP contribution in [-0.4, -0.2) is 32.9 Å². The van der Waals surface area contributed by atoms with E-state index in [0.717, 1.165) is 29.7 Å². The molecule has 0 aliphatic carbocycles. The van der Waals surface area contributed by atoms with Crippen LogP contribution in [0.4, 0.5) is 0 Å². The van der Waals surface area contributed by atoms with Gasteiger partial charge in [-0.3, -0.25) is 4.79 Å². The lowest BCUT2D eigenvalue weighted by molar-refractivity contribution is -0.128. The third-order valence-electron chi connectivity index (χ3n) is 5.05. The number of methoxy groups -OCH3 is 1. The molecule has 0 aromatic heterocycles. The lowest BCUT2D eigenvalue weighted by atomic mass is 10.1. The number of hydrogen-bond donors (Lipinski definition) is 1. The molecular weight excluding hydrogens is 376 g/mol. The molecule has 1 fully saturated rings. The molecule has 1 saturated heterocycles. The van der Waals surface area contributed by atoms with Crippen molar-refractivity contribution in [2.24, 2.45) is 0 Å². The van der Waals surface area contributed by atoms with Crippen molar-refractivity contribution in [3.05, 3.63) is 59.2 Å². The predicted molar refractivity (Wildman–Crippen MR) is 107 cm³/mol. The van der Waals surface area contributed by atoms with E-state index in [1.165, 1.54) is 0 Å². The zero-order valence-electron chi connectivity index (χ0n) is 16.3. The van der Waals surface area contributed by atoms with Crippen LogP contribution in [0, 0.1) is 0 Å². The fraction of sp³-hybridized carbons (Fsp3) is 0.381. The second-order valence-electron chi connectivity index (χ2n) is 6.84. The second-order valence-corrected chi connectivity index (χ2v) is 8.61. The first-order valence-electron chi connectivity index (χ1n) is 9.45. The van der Waals surface area contributed by atoms with Crippen LogP contribution in [-0.2, 0) is 34.3 Å². The number of rotatable bonds is 8. The van der Waals surface area contributed by atoms with Gasteiger partial charge in [0.05, 0.1) is 12.0 Å². The summed E-state index contributed by atoms with van der Waals surface area (Å²) >= 11 is 0. The molecule has 0 radical (unpaired) electrons. The monoisotopic (exact) mass is 402 g/mol. The fourth-order valence-corrected chi connectivity index (χ4v) is 4.47. The standard InChI is InChI=1S/C21H26N2O4S/c1-3-16-13-19(10-11-20(16)27-2)28(25,26)22-14-17-7-4-5-8-18(17)15-23-12-6-9-21(23)24/h4-5,7-8,10-11,13,22H,3,6,9,12,14-15H2,1-2H3. The Morgan fingerprint density at radius 3 is 2.50 bits per heavy atom. The van der Waals surface area contributed by atoms with Crippen LogP contribution >= 0.6 is 0 Å². The zero-order valence-corrected chi connectivity index (χ0v) is 17.1. The van der Waals surface area contributed by atoms with E-state index in [1.807, 2.05) is 36.1 Å². The molecule has 1 amide bonds. The minimum Gasteiger partial charge on any atom is -0.496 e. The zero-order chi connectivity index (χ0) is 20.1. The number of carbonyl (C=O) groups is 1. The first-order chi connectivity index (χ1) is 13.4. The maximum Gasteiger partial charge on any atom is 0.240 e. The van der Waals surface area contributed by atoms with Crippen LogP contribution in [0.5, 0.6) is 5.75 Å². The van der Waals surface area contributed by atoms with Crippen molar-refractivity contribution >= 4 is 15.9 Å². The van der Waals surface area contributed by atoms with Crippen molar-refractivity contribution in [1.82, 2.24) is 9.62 Å². The van der Waals surface area contributed by atoms with Gasteiger partial charge in [0.25, 0.3) is 0 Å². The smallest absolute Gasteiger partial charge is 0.240 e. The Labute approximate surface area is 166 Å². The van der Waals surface area contributed by atoms with Crippen LogP contribution in [0.15, 0.2) is 47.4 Å². The Balaban J connectivity index is 1.75. The topological polar surface area (TPSA) is 75.7 Å². The van der Waals surface area contributed by atoms with Gasteiger partial charge in [0, 0.05) is 26.1 Å². The highest BCUT2D eigenvalue weighted by Gasteiger charge is 2.21. The van der Waals surface area contributed by atoms with E-state index in [4.69, 9.17) is 4.74 Å². The Morgan fingerprint density at radius 1 is 1.11 bits per heavy atom. The first-order valence-corrected chi connectivity index (χ1v) is 10.9. The van der Waals surface area contributed by atoms with Crippen molar-refractivity contribution in [3.8, 4) is 5.75 Å². The lowest BCUT2D eigenvalue weighted by Crippen LogP contribution is -2.27. The summed E-state index contributed by atoms with van der Waals surface area (Å²) in [5.74, 6) is 0.836.